The molecule has 1 fully saturated rings. The third-order valence-electron chi connectivity index (χ3n) is 5.25. The molecule has 0 radical (unpaired) electrons. The molecule has 2 heterocycles. The number of carboxylic acids is 1. The van der Waals surface area contributed by atoms with Gasteiger partial charge in [0, 0.05) is 12.6 Å². The van der Waals surface area contributed by atoms with Crippen LogP contribution in [0.2, 0.25) is 0 Å². The normalized spacial score (nSPS) is 20.6. The molecule has 0 saturated carbocycles. The quantitative estimate of drug-likeness (QED) is 0.448. The van der Waals surface area contributed by atoms with Crippen molar-refractivity contribution in [3.8, 4) is 0 Å². The van der Waals surface area contributed by atoms with E-state index in [9.17, 15) is 28.8 Å². The number of hydrogen-bond donors (Lipinski definition) is 3. The van der Waals surface area contributed by atoms with E-state index >= 15 is 0 Å². The first-order valence-electron chi connectivity index (χ1n) is 10.6. The number of alkyl carbamates (subject to hydrolysis) is 1. The summed E-state index contributed by atoms with van der Waals surface area (Å²) in [6.07, 6.45) is 1.58. The third kappa shape index (κ3) is 5.97. The van der Waals surface area contributed by atoms with E-state index in [0.29, 0.717) is 0 Å². The fraction of sp³-hybridized carbons (Fsp3) is 0.364. The van der Waals surface area contributed by atoms with Crippen LogP contribution >= 0.6 is 0 Å². The minimum atomic E-state index is -1.30. The lowest BCUT2D eigenvalue weighted by molar-refractivity contribution is -0.166. The van der Waals surface area contributed by atoms with E-state index in [4.69, 9.17) is 9.84 Å². The number of carbonyl (C=O) groups is 6. The van der Waals surface area contributed by atoms with Crippen molar-refractivity contribution in [1.29, 1.82) is 0 Å². The maximum atomic E-state index is 13.3. The number of amides is 4. The first-order chi connectivity index (χ1) is 16.3. The summed E-state index contributed by atoms with van der Waals surface area (Å²) in [6, 6.07) is 5.25. The van der Waals surface area contributed by atoms with Crippen molar-refractivity contribution < 1.29 is 38.6 Å². The maximum absolute atomic E-state index is 13.3. The number of hydrazine groups is 1. The van der Waals surface area contributed by atoms with Gasteiger partial charge in [-0.1, -0.05) is 36.4 Å². The van der Waals surface area contributed by atoms with Gasteiger partial charge in [-0.15, -0.1) is 0 Å². The van der Waals surface area contributed by atoms with Gasteiger partial charge < -0.3 is 25.3 Å². The lowest BCUT2D eigenvalue weighted by Gasteiger charge is -2.39. The average molecular weight is 472 g/mol. The number of aliphatic carboxylic acids is 1. The van der Waals surface area contributed by atoms with Crippen molar-refractivity contribution in [3.05, 3.63) is 48.2 Å². The molecular weight excluding hydrogens is 448 g/mol. The zero-order chi connectivity index (χ0) is 24.7. The van der Waals surface area contributed by atoms with Crippen LogP contribution in [0.3, 0.4) is 0 Å². The topological polar surface area (TPSA) is 162 Å². The number of benzene rings is 1. The second kappa shape index (κ2) is 11.1. The van der Waals surface area contributed by atoms with Gasteiger partial charge in [0.2, 0.25) is 11.8 Å². The molecule has 34 heavy (non-hydrogen) atoms. The van der Waals surface area contributed by atoms with E-state index in [1.165, 1.54) is 12.3 Å². The number of carboxylic acid groups (broad SMARTS) is 1. The molecule has 180 valence electrons. The summed E-state index contributed by atoms with van der Waals surface area (Å²) in [5, 5.41) is 15.5. The molecule has 0 aliphatic carbocycles. The molecule has 3 N–H and O–H groups in total. The Morgan fingerprint density at radius 2 is 1.94 bits per heavy atom. The Hall–Kier alpha value is -4.22. The second-order valence-corrected chi connectivity index (χ2v) is 7.70. The molecule has 12 heteroatoms. The van der Waals surface area contributed by atoms with Crippen molar-refractivity contribution in [2.45, 2.75) is 50.4 Å². The van der Waals surface area contributed by atoms with Gasteiger partial charge in [-0.25, -0.2) is 14.8 Å². The van der Waals surface area contributed by atoms with Crippen molar-refractivity contribution in [3.63, 3.8) is 0 Å². The van der Waals surface area contributed by atoms with Crippen LogP contribution < -0.4 is 10.6 Å². The minimum absolute atomic E-state index is 0.0107. The molecule has 0 aromatic heterocycles. The molecule has 1 aromatic rings. The summed E-state index contributed by atoms with van der Waals surface area (Å²) in [7, 11) is 0. The lowest BCUT2D eigenvalue weighted by Crippen LogP contribution is -2.62. The number of carbonyl (C=O) groups excluding carboxylic acids is 5. The highest BCUT2D eigenvalue weighted by molar-refractivity contribution is 5.96. The fourth-order valence-electron chi connectivity index (χ4n) is 3.60. The third-order valence-corrected chi connectivity index (χ3v) is 5.25. The summed E-state index contributed by atoms with van der Waals surface area (Å²) in [6.45, 7) is -0.0210. The monoisotopic (exact) mass is 472 g/mol. The second-order valence-electron chi connectivity index (χ2n) is 7.70. The predicted octanol–water partition coefficient (Wildman–Crippen LogP) is 0.0918. The van der Waals surface area contributed by atoms with Crippen LogP contribution in [0.5, 0.6) is 0 Å². The zero-order valence-corrected chi connectivity index (χ0v) is 18.1. The van der Waals surface area contributed by atoms with Crippen LogP contribution in [0.4, 0.5) is 4.79 Å². The predicted molar refractivity (Wildman–Crippen MR) is 114 cm³/mol. The molecule has 3 rings (SSSR count). The number of rotatable bonds is 8. The van der Waals surface area contributed by atoms with Crippen LogP contribution in [-0.4, -0.2) is 69.3 Å². The van der Waals surface area contributed by atoms with Gasteiger partial charge in [0.1, 0.15) is 25.0 Å². The molecule has 3 atom stereocenters. The van der Waals surface area contributed by atoms with Crippen molar-refractivity contribution >= 4 is 36.1 Å². The molecule has 1 saturated heterocycles. The Bertz CT molecular complexity index is 996. The van der Waals surface area contributed by atoms with E-state index in [1.807, 2.05) is 6.07 Å². The Labute approximate surface area is 194 Å². The summed E-state index contributed by atoms with van der Waals surface area (Å²) in [4.78, 5) is 73.0. The lowest BCUT2D eigenvalue weighted by atomic mass is 10.1. The maximum Gasteiger partial charge on any atom is 0.408 e. The van der Waals surface area contributed by atoms with Crippen molar-refractivity contribution in [1.82, 2.24) is 20.7 Å². The molecular formula is C22H24N4O8. The van der Waals surface area contributed by atoms with Crippen LogP contribution in [0.15, 0.2) is 42.6 Å². The van der Waals surface area contributed by atoms with E-state index in [1.54, 1.807) is 24.3 Å². The summed E-state index contributed by atoms with van der Waals surface area (Å²) < 4.78 is 5.15. The smallest absolute Gasteiger partial charge is 0.408 e. The van der Waals surface area contributed by atoms with Gasteiger partial charge in [0.25, 0.3) is 5.91 Å². The highest BCUT2D eigenvalue weighted by Crippen LogP contribution is 2.24. The molecule has 2 aliphatic heterocycles. The van der Waals surface area contributed by atoms with Gasteiger partial charge in [-0.05, 0) is 18.4 Å². The number of nitrogens with zero attached hydrogens (tertiary/aromatic N) is 2. The van der Waals surface area contributed by atoms with Gasteiger partial charge in [-0.2, -0.15) is 0 Å². The highest BCUT2D eigenvalue weighted by Gasteiger charge is 2.43. The van der Waals surface area contributed by atoms with Crippen molar-refractivity contribution in [2.24, 2.45) is 0 Å². The van der Waals surface area contributed by atoms with Gasteiger partial charge in [-0.3, -0.25) is 19.2 Å². The average Bonchev–Trinajstić information content (AvgIpc) is 2.94. The summed E-state index contributed by atoms with van der Waals surface area (Å²) >= 11 is 0. The molecule has 1 aromatic carbocycles. The molecule has 0 spiro atoms. The highest BCUT2D eigenvalue weighted by atomic mass is 16.5. The first kappa shape index (κ1) is 24.4. The van der Waals surface area contributed by atoms with Gasteiger partial charge in [0.15, 0.2) is 0 Å². The fourth-order valence-corrected chi connectivity index (χ4v) is 3.60. The van der Waals surface area contributed by atoms with Crippen LogP contribution in [0, 0.1) is 0 Å². The molecule has 4 amide bonds. The number of fused-ring (bicyclic) bond motifs is 1. The number of ether oxygens (including phenoxy) is 1. The van der Waals surface area contributed by atoms with E-state index in [-0.39, 0.29) is 32.2 Å². The van der Waals surface area contributed by atoms with E-state index < -0.39 is 54.3 Å². The minimum Gasteiger partial charge on any atom is -0.481 e. The molecule has 2 aliphatic rings. The molecule has 12 nitrogen and oxygen atoms in total. The van der Waals surface area contributed by atoms with E-state index in [0.717, 1.165) is 15.6 Å². The van der Waals surface area contributed by atoms with Crippen LogP contribution in [0.25, 0.3) is 0 Å². The van der Waals surface area contributed by atoms with Gasteiger partial charge in [0.05, 0.1) is 12.5 Å². The van der Waals surface area contributed by atoms with E-state index in [2.05, 4.69) is 10.6 Å². The zero-order valence-electron chi connectivity index (χ0n) is 18.1. The summed E-state index contributed by atoms with van der Waals surface area (Å²) in [5.41, 5.74) is 0.746. The Morgan fingerprint density at radius 1 is 1.21 bits per heavy atom. The summed E-state index contributed by atoms with van der Waals surface area (Å²) in [5.74, 6) is -3.28. The Morgan fingerprint density at radius 3 is 2.62 bits per heavy atom. The van der Waals surface area contributed by atoms with Crippen LogP contribution in [0.1, 0.15) is 31.2 Å². The largest absolute Gasteiger partial charge is 0.481 e. The van der Waals surface area contributed by atoms with Crippen LogP contribution in [-0.2, 0) is 35.3 Å². The van der Waals surface area contributed by atoms with Crippen molar-refractivity contribution in [2.75, 3.05) is 0 Å². The number of hydrogen-bond acceptors (Lipinski definition) is 7. The molecule has 0 bridgehead atoms. The SMILES string of the molecule is O=C[C@H](CC(=O)O)NC(=O)[C@@H]1CC=CN2C(=O)CC[C@H](NC(=O)OCc3ccccc3)C(=O)N12. The standard InChI is InChI=1S/C22H24N4O8/c27-12-15(11-19(29)30)23-20(31)17-7-4-10-25-18(28)9-8-16(21(32)26(17)25)24-22(33)34-13-14-5-2-1-3-6-14/h1-6,10,12,15-17H,7-9,11,13H2,(H,23,31)(H,24,33)(H,29,30)/t15-,16-,17-/m0/s1. The van der Waals surface area contributed by atoms with Gasteiger partial charge >= 0.3 is 12.1 Å². The Balaban J connectivity index is 1.72. The molecule has 0 unspecified atom stereocenters. The number of nitrogens with one attached hydrogen (secondary N) is 2. The Kier molecular flexibility index (Phi) is 7.96. The first-order valence-corrected chi connectivity index (χ1v) is 10.6. The number of aldehydes is 1.